The van der Waals surface area contributed by atoms with E-state index in [9.17, 15) is 5.11 Å². The molecule has 0 saturated heterocycles. The highest BCUT2D eigenvalue weighted by Gasteiger charge is 2.08. The normalized spacial score (nSPS) is 10.8. The minimum atomic E-state index is 0.0613. The second-order valence-corrected chi connectivity index (χ2v) is 6.92. The Bertz CT molecular complexity index is 1120. The Kier molecular flexibility index (Phi) is 3.33. The van der Waals surface area contributed by atoms with Crippen LogP contribution in [-0.2, 0) is 0 Å². The first kappa shape index (κ1) is 14.5. The molecule has 2 aromatic carbocycles. The number of rotatable bonds is 2. The minimum Gasteiger partial charge on any atom is -0.508 e. The SMILES string of the molecule is Cc1cc2cc3nccc(Nc4cc(O)cc(C#N)c4)c3cc2s1. The van der Waals surface area contributed by atoms with Gasteiger partial charge in [-0.05, 0) is 48.7 Å². The molecule has 0 spiro atoms. The summed E-state index contributed by atoms with van der Waals surface area (Å²) in [6, 6.07) is 15.1. The number of pyridine rings is 1. The van der Waals surface area contributed by atoms with Crippen LogP contribution in [0, 0.1) is 18.3 Å². The molecule has 0 amide bonds. The van der Waals surface area contributed by atoms with Gasteiger partial charge in [0.1, 0.15) is 5.75 Å². The summed E-state index contributed by atoms with van der Waals surface area (Å²) >= 11 is 1.75. The van der Waals surface area contributed by atoms with Crippen LogP contribution < -0.4 is 5.32 Å². The highest BCUT2D eigenvalue weighted by Crippen LogP contribution is 2.33. The number of nitriles is 1. The molecule has 0 unspecified atom stereocenters. The van der Waals surface area contributed by atoms with Gasteiger partial charge >= 0.3 is 0 Å². The first-order valence-electron chi connectivity index (χ1n) is 7.42. The van der Waals surface area contributed by atoms with Crippen LogP contribution >= 0.6 is 11.3 Å². The van der Waals surface area contributed by atoms with E-state index >= 15 is 0 Å². The molecule has 0 aliphatic rings. The van der Waals surface area contributed by atoms with Crippen molar-refractivity contribution in [1.82, 2.24) is 4.98 Å². The van der Waals surface area contributed by atoms with Crippen molar-refractivity contribution in [2.24, 2.45) is 0 Å². The Morgan fingerprint density at radius 3 is 2.88 bits per heavy atom. The van der Waals surface area contributed by atoms with Crippen LogP contribution in [-0.4, -0.2) is 10.1 Å². The topological polar surface area (TPSA) is 68.9 Å². The van der Waals surface area contributed by atoms with Gasteiger partial charge in [0.05, 0.1) is 17.1 Å². The molecule has 0 bridgehead atoms. The van der Waals surface area contributed by atoms with Crippen molar-refractivity contribution < 1.29 is 5.11 Å². The summed E-state index contributed by atoms with van der Waals surface area (Å²) in [5.41, 5.74) is 2.88. The number of thiophene rings is 1. The van der Waals surface area contributed by atoms with E-state index in [4.69, 9.17) is 5.26 Å². The Labute approximate surface area is 142 Å². The lowest BCUT2D eigenvalue weighted by Gasteiger charge is -2.10. The highest BCUT2D eigenvalue weighted by atomic mass is 32.1. The number of hydrogen-bond donors (Lipinski definition) is 2. The smallest absolute Gasteiger partial charge is 0.118 e. The van der Waals surface area contributed by atoms with Gasteiger partial charge < -0.3 is 10.4 Å². The summed E-state index contributed by atoms with van der Waals surface area (Å²) in [6.45, 7) is 2.10. The Morgan fingerprint density at radius 1 is 1.17 bits per heavy atom. The van der Waals surface area contributed by atoms with Crippen LogP contribution in [0.25, 0.3) is 21.0 Å². The molecule has 4 rings (SSSR count). The van der Waals surface area contributed by atoms with Crippen molar-refractivity contribution >= 4 is 43.7 Å². The van der Waals surface area contributed by atoms with Gasteiger partial charge in [-0.3, -0.25) is 4.98 Å². The second-order valence-electron chi connectivity index (χ2n) is 5.63. The molecule has 116 valence electrons. The third kappa shape index (κ3) is 2.53. The van der Waals surface area contributed by atoms with Crippen molar-refractivity contribution in [3.63, 3.8) is 0 Å². The fraction of sp³-hybridized carbons (Fsp3) is 0.0526. The van der Waals surface area contributed by atoms with Crippen LogP contribution in [0.1, 0.15) is 10.4 Å². The first-order chi connectivity index (χ1) is 11.6. The summed E-state index contributed by atoms with van der Waals surface area (Å²) in [5, 5.41) is 24.3. The molecule has 2 N–H and O–H groups in total. The van der Waals surface area contributed by atoms with Gasteiger partial charge in [-0.2, -0.15) is 5.26 Å². The molecule has 4 aromatic rings. The van der Waals surface area contributed by atoms with Gasteiger partial charge in [-0.15, -0.1) is 11.3 Å². The molecule has 4 nitrogen and oxygen atoms in total. The summed E-state index contributed by atoms with van der Waals surface area (Å²) in [7, 11) is 0. The number of aromatic hydroxyl groups is 1. The third-order valence-electron chi connectivity index (χ3n) is 3.83. The second kappa shape index (κ2) is 5.52. The average molecular weight is 331 g/mol. The van der Waals surface area contributed by atoms with Gasteiger partial charge in [-0.1, -0.05) is 0 Å². The number of aryl methyl sites for hydroxylation is 1. The third-order valence-corrected chi connectivity index (χ3v) is 4.84. The maximum atomic E-state index is 9.76. The molecular weight excluding hydrogens is 318 g/mol. The average Bonchev–Trinajstić information content (AvgIpc) is 2.91. The first-order valence-corrected chi connectivity index (χ1v) is 8.24. The predicted molar refractivity (Wildman–Crippen MR) is 98.0 cm³/mol. The standard InChI is InChI=1S/C19H13N3OS/c1-11-4-13-7-18-16(9-19(13)24-11)17(2-3-21-18)22-14-5-12(10-20)6-15(23)8-14/h2-9,23H,1H3,(H,21,22). The minimum absolute atomic E-state index is 0.0613. The molecule has 2 aromatic heterocycles. The molecule has 0 aliphatic carbocycles. The van der Waals surface area contributed by atoms with E-state index in [2.05, 4.69) is 35.4 Å². The van der Waals surface area contributed by atoms with Crippen molar-refractivity contribution in [3.8, 4) is 11.8 Å². The van der Waals surface area contributed by atoms with E-state index in [1.165, 1.54) is 21.0 Å². The van der Waals surface area contributed by atoms with E-state index < -0.39 is 0 Å². The lowest BCUT2D eigenvalue weighted by molar-refractivity contribution is 0.475. The zero-order valence-electron chi connectivity index (χ0n) is 12.9. The fourth-order valence-corrected chi connectivity index (χ4v) is 3.77. The van der Waals surface area contributed by atoms with Crippen LogP contribution in [0.2, 0.25) is 0 Å². The lowest BCUT2D eigenvalue weighted by atomic mass is 10.1. The monoisotopic (exact) mass is 331 g/mol. The zero-order valence-corrected chi connectivity index (χ0v) is 13.7. The Morgan fingerprint density at radius 2 is 2.04 bits per heavy atom. The number of aromatic nitrogens is 1. The van der Waals surface area contributed by atoms with Crippen LogP contribution in [0.15, 0.2) is 48.7 Å². The van der Waals surface area contributed by atoms with Gasteiger partial charge in [0.15, 0.2) is 0 Å². The van der Waals surface area contributed by atoms with Gasteiger partial charge in [-0.25, -0.2) is 0 Å². The summed E-state index contributed by atoms with van der Waals surface area (Å²) in [6.07, 6.45) is 1.75. The number of fused-ring (bicyclic) bond motifs is 2. The molecule has 0 saturated carbocycles. The molecule has 0 radical (unpaired) electrons. The number of hydrogen-bond acceptors (Lipinski definition) is 5. The maximum absolute atomic E-state index is 9.76. The van der Waals surface area contributed by atoms with Gasteiger partial charge in [0.2, 0.25) is 0 Å². The van der Waals surface area contributed by atoms with Crippen LogP contribution in [0.5, 0.6) is 5.75 Å². The van der Waals surface area contributed by atoms with E-state index in [0.717, 1.165) is 16.6 Å². The van der Waals surface area contributed by atoms with Crippen molar-refractivity contribution in [2.75, 3.05) is 5.32 Å². The lowest BCUT2D eigenvalue weighted by Crippen LogP contribution is -1.93. The molecular formula is C19H13N3OS. The number of nitrogens with one attached hydrogen (secondary N) is 1. The summed E-state index contributed by atoms with van der Waals surface area (Å²) < 4.78 is 1.21. The Hall–Kier alpha value is -3.10. The number of phenols is 1. The Balaban J connectivity index is 1.86. The van der Waals surface area contributed by atoms with E-state index in [1.54, 1.807) is 29.7 Å². The van der Waals surface area contributed by atoms with E-state index in [1.807, 2.05) is 12.1 Å². The van der Waals surface area contributed by atoms with Crippen molar-refractivity contribution in [2.45, 2.75) is 6.92 Å². The molecule has 0 fully saturated rings. The molecule has 0 aliphatic heterocycles. The van der Waals surface area contributed by atoms with Gasteiger partial charge in [0, 0.05) is 38.6 Å². The number of phenolic OH excluding ortho intramolecular Hbond substituents is 1. The number of nitrogens with zero attached hydrogens (tertiary/aromatic N) is 2. The van der Waals surface area contributed by atoms with Crippen LogP contribution in [0.4, 0.5) is 11.4 Å². The number of anilines is 2. The maximum Gasteiger partial charge on any atom is 0.118 e. The quantitative estimate of drug-likeness (QED) is 0.537. The van der Waals surface area contributed by atoms with Crippen molar-refractivity contribution in [1.29, 1.82) is 5.26 Å². The molecule has 24 heavy (non-hydrogen) atoms. The molecule has 5 heteroatoms. The highest BCUT2D eigenvalue weighted by molar-refractivity contribution is 7.19. The molecule has 0 atom stereocenters. The molecule has 2 heterocycles. The van der Waals surface area contributed by atoms with Crippen LogP contribution in [0.3, 0.4) is 0 Å². The van der Waals surface area contributed by atoms with E-state index in [-0.39, 0.29) is 5.75 Å². The fourth-order valence-electron chi connectivity index (χ4n) is 2.82. The van der Waals surface area contributed by atoms with Gasteiger partial charge in [0.25, 0.3) is 0 Å². The van der Waals surface area contributed by atoms with E-state index in [0.29, 0.717) is 11.3 Å². The summed E-state index contributed by atoms with van der Waals surface area (Å²) in [5.74, 6) is 0.0613. The van der Waals surface area contributed by atoms with Crippen molar-refractivity contribution in [3.05, 3.63) is 59.1 Å². The largest absolute Gasteiger partial charge is 0.508 e. The summed E-state index contributed by atoms with van der Waals surface area (Å²) in [4.78, 5) is 5.72. The zero-order chi connectivity index (χ0) is 16.7. The number of benzene rings is 2. The predicted octanol–water partition coefficient (Wildman–Crippen LogP) is 5.08.